The van der Waals surface area contributed by atoms with Gasteiger partial charge in [-0.1, -0.05) is 19.1 Å². The van der Waals surface area contributed by atoms with Gasteiger partial charge in [0.25, 0.3) is 0 Å². The summed E-state index contributed by atoms with van der Waals surface area (Å²) < 4.78 is 23.3. The lowest BCUT2D eigenvalue weighted by atomic mass is 10.2. The van der Waals surface area contributed by atoms with Crippen LogP contribution in [0.3, 0.4) is 0 Å². The summed E-state index contributed by atoms with van der Waals surface area (Å²) in [7, 11) is -3.37. The molecule has 120 valence electrons. The minimum atomic E-state index is -3.37. The van der Waals surface area contributed by atoms with E-state index < -0.39 is 26.7 Å². The molecule has 5 nitrogen and oxygen atoms in total. The fraction of sp³-hybridized carbons (Fsp3) is 0.500. The summed E-state index contributed by atoms with van der Waals surface area (Å²) in [6.45, 7) is 6.73. The highest BCUT2D eigenvalue weighted by Gasteiger charge is 2.20. The highest BCUT2D eigenvalue weighted by molar-refractivity contribution is 7.92. The van der Waals surface area contributed by atoms with E-state index in [9.17, 15) is 13.2 Å². The van der Waals surface area contributed by atoms with Gasteiger partial charge in [-0.2, -0.15) is 0 Å². The third-order valence-electron chi connectivity index (χ3n) is 2.84. The number of sulfone groups is 1. The average molecular weight is 335 g/mol. The Morgan fingerprint density at radius 2 is 1.95 bits per heavy atom. The van der Waals surface area contributed by atoms with Crippen molar-refractivity contribution in [2.75, 3.05) is 17.6 Å². The summed E-state index contributed by atoms with van der Waals surface area (Å²) in [4.78, 5) is 11.8. The first-order valence-corrected chi connectivity index (χ1v) is 8.37. The van der Waals surface area contributed by atoms with Gasteiger partial charge in [-0.25, -0.2) is 8.42 Å². The van der Waals surface area contributed by atoms with Crippen molar-refractivity contribution in [2.45, 2.75) is 32.6 Å². The molecular formula is C14H23ClN2O3S. The molecule has 0 radical (unpaired) electrons. The van der Waals surface area contributed by atoms with E-state index in [0.717, 1.165) is 12.1 Å². The Morgan fingerprint density at radius 1 is 1.29 bits per heavy atom. The van der Waals surface area contributed by atoms with E-state index in [1.807, 2.05) is 25.1 Å². The summed E-state index contributed by atoms with van der Waals surface area (Å²) >= 11 is 0. The van der Waals surface area contributed by atoms with Gasteiger partial charge in [-0.15, -0.1) is 12.4 Å². The second-order valence-electron chi connectivity index (χ2n) is 4.88. The van der Waals surface area contributed by atoms with Gasteiger partial charge in [0.1, 0.15) is 5.75 Å². The topological polar surface area (TPSA) is 75.3 Å². The van der Waals surface area contributed by atoms with Gasteiger partial charge in [-0.05, 0) is 38.1 Å². The van der Waals surface area contributed by atoms with Crippen molar-refractivity contribution in [3.8, 4) is 0 Å². The van der Waals surface area contributed by atoms with Crippen LogP contribution >= 0.6 is 12.4 Å². The van der Waals surface area contributed by atoms with Gasteiger partial charge in [0.05, 0.1) is 5.25 Å². The zero-order chi connectivity index (χ0) is 15.2. The predicted molar refractivity (Wildman–Crippen MR) is 88.6 cm³/mol. The molecule has 21 heavy (non-hydrogen) atoms. The van der Waals surface area contributed by atoms with E-state index in [-0.39, 0.29) is 12.4 Å². The number of anilines is 1. The van der Waals surface area contributed by atoms with Gasteiger partial charge in [0, 0.05) is 12.2 Å². The molecule has 0 aromatic heterocycles. The number of halogens is 1. The number of carbonyl (C=O) groups is 1. The van der Waals surface area contributed by atoms with Crippen LogP contribution in [0.1, 0.15) is 26.3 Å². The average Bonchev–Trinajstić information content (AvgIpc) is 2.35. The van der Waals surface area contributed by atoms with Crippen LogP contribution in [0.4, 0.5) is 5.69 Å². The van der Waals surface area contributed by atoms with Crippen LogP contribution in [-0.2, 0) is 21.2 Å². The maximum Gasteiger partial charge on any atom is 0.239 e. The molecule has 0 atom stereocenters. The molecule has 0 spiro atoms. The van der Waals surface area contributed by atoms with Crippen molar-refractivity contribution in [3.05, 3.63) is 29.8 Å². The van der Waals surface area contributed by atoms with Crippen LogP contribution < -0.4 is 10.6 Å². The van der Waals surface area contributed by atoms with Crippen LogP contribution in [0.15, 0.2) is 24.3 Å². The second-order valence-corrected chi connectivity index (χ2v) is 7.44. The number of benzene rings is 1. The lowest BCUT2D eigenvalue weighted by Gasteiger charge is -2.10. The highest BCUT2D eigenvalue weighted by Crippen LogP contribution is 2.11. The first kappa shape index (κ1) is 19.9. The quantitative estimate of drug-likeness (QED) is 0.799. The molecule has 2 N–H and O–H groups in total. The van der Waals surface area contributed by atoms with Gasteiger partial charge in [0.2, 0.25) is 5.91 Å². The molecule has 0 saturated carbocycles. The molecule has 0 aliphatic carbocycles. The summed E-state index contributed by atoms with van der Waals surface area (Å²) in [5.74, 6) is -0.985. The lowest BCUT2D eigenvalue weighted by molar-refractivity contribution is -0.113. The number of carbonyl (C=O) groups excluding carboxylic acids is 1. The minimum absolute atomic E-state index is 0. The van der Waals surface area contributed by atoms with Crippen molar-refractivity contribution in [2.24, 2.45) is 0 Å². The van der Waals surface area contributed by atoms with Crippen molar-refractivity contribution >= 4 is 33.8 Å². The fourth-order valence-corrected chi connectivity index (χ4v) is 2.35. The van der Waals surface area contributed by atoms with Crippen molar-refractivity contribution < 1.29 is 13.2 Å². The molecule has 1 aromatic carbocycles. The molecule has 0 fully saturated rings. The number of amides is 1. The Balaban J connectivity index is 0.00000400. The van der Waals surface area contributed by atoms with E-state index in [4.69, 9.17) is 0 Å². The molecular weight excluding hydrogens is 312 g/mol. The Morgan fingerprint density at radius 3 is 2.52 bits per heavy atom. The SMILES string of the molecule is CCNCc1cccc(NC(=O)CS(=O)(=O)C(C)C)c1.Cl. The maximum atomic E-state index is 11.8. The lowest BCUT2D eigenvalue weighted by Crippen LogP contribution is -2.27. The van der Waals surface area contributed by atoms with Gasteiger partial charge in [0.15, 0.2) is 9.84 Å². The van der Waals surface area contributed by atoms with Crippen LogP contribution in [-0.4, -0.2) is 31.9 Å². The normalized spacial score (nSPS) is 11.0. The summed E-state index contributed by atoms with van der Waals surface area (Å²) in [6.07, 6.45) is 0. The summed E-state index contributed by atoms with van der Waals surface area (Å²) in [6, 6.07) is 7.36. The Labute approximate surface area is 132 Å². The second kappa shape index (κ2) is 9.02. The molecule has 0 aliphatic heterocycles. The van der Waals surface area contributed by atoms with Crippen LogP contribution in [0.25, 0.3) is 0 Å². The maximum absolute atomic E-state index is 11.8. The molecule has 0 heterocycles. The van der Waals surface area contributed by atoms with Gasteiger partial charge < -0.3 is 10.6 Å². The smallest absolute Gasteiger partial charge is 0.239 e. The van der Waals surface area contributed by atoms with Crippen LogP contribution in [0, 0.1) is 0 Å². The van der Waals surface area contributed by atoms with Gasteiger partial charge >= 0.3 is 0 Å². The Bertz CT molecular complexity index is 559. The molecule has 0 bridgehead atoms. The van der Waals surface area contributed by atoms with Crippen molar-refractivity contribution in [1.82, 2.24) is 5.32 Å². The molecule has 1 amide bonds. The molecule has 7 heteroatoms. The van der Waals surface area contributed by atoms with E-state index in [2.05, 4.69) is 10.6 Å². The largest absolute Gasteiger partial charge is 0.325 e. The molecule has 1 rings (SSSR count). The van der Waals surface area contributed by atoms with E-state index in [1.54, 1.807) is 19.9 Å². The fourth-order valence-electron chi connectivity index (χ4n) is 1.57. The molecule has 0 saturated heterocycles. The first-order chi connectivity index (χ1) is 9.35. The predicted octanol–water partition coefficient (Wildman–Crippen LogP) is 1.98. The highest BCUT2D eigenvalue weighted by atomic mass is 35.5. The molecule has 0 unspecified atom stereocenters. The molecule has 1 aromatic rings. The van der Waals surface area contributed by atoms with Crippen LogP contribution in [0.2, 0.25) is 0 Å². The number of nitrogens with one attached hydrogen (secondary N) is 2. The van der Waals surface area contributed by atoms with E-state index in [0.29, 0.717) is 12.2 Å². The number of hydrogen-bond donors (Lipinski definition) is 2. The first-order valence-electron chi connectivity index (χ1n) is 6.66. The van der Waals surface area contributed by atoms with Crippen molar-refractivity contribution in [3.63, 3.8) is 0 Å². The summed E-state index contributed by atoms with van der Waals surface area (Å²) in [5.41, 5.74) is 1.65. The monoisotopic (exact) mass is 334 g/mol. The third kappa shape index (κ3) is 6.93. The minimum Gasteiger partial charge on any atom is -0.325 e. The Kier molecular flexibility index (Phi) is 8.54. The molecule has 0 aliphatic rings. The zero-order valence-corrected chi connectivity index (χ0v) is 14.2. The Hall–Kier alpha value is -1.11. The van der Waals surface area contributed by atoms with Crippen LogP contribution in [0.5, 0.6) is 0 Å². The standard InChI is InChI=1S/C14H22N2O3S.ClH/c1-4-15-9-12-6-5-7-13(8-12)16-14(17)10-20(18,19)11(2)3;/h5-8,11,15H,4,9-10H2,1-3H3,(H,16,17);1H. The summed E-state index contributed by atoms with van der Waals surface area (Å²) in [5, 5.41) is 5.27. The van der Waals surface area contributed by atoms with E-state index in [1.165, 1.54) is 0 Å². The van der Waals surface area contributed by atoms with E-state index >= 15 is 0 Å². The zero-order valence-electron chi connectivity index (χ0n) is 12.5. The van der Waals surface area contributed by atoms with Crippen molar-refractivity contribution in [1.29, 1.82) is 0 Å². The van der Waals surface area contributed by atoms with Gasteiger partial charge in [-0.3, -0.25) is 4.79 Å². The number of rotatable bonds is 7. The third-order valence-corrected chi connectivity index (χ3v) is 4.94. The number of hydrogen-bond acceptors (Lipinski definition) is 4.